The molecule has 0 radical (unpaired) electrons. The molecule has 0 aliphatic carbocycles. The molecule has 0 amide bonds. The predicted molar refractivity (Wildman–Crippen MR) is 67.9 cm³/mol. The Morgan fingerprint density at radius 3 is 2.36 bits per heavy atom. The quantitative estimate of drug-likeness (QED) is 0.704. The molecule has 0 saturated carbocycles. The Kier molecular flexibility index (Phi) is 5.47. The van der Waals surface area contributed by atoms with Gasteiger partial charge in [0, 0.05) is 26.9 Å². The van der Waals surface area contributed by atoms with Crippen molar-refractivity contribution in [3.63, 3.8) is 0 Å². The number of halogens is 3. The normalized spacial score (nSPS) is 12.9. The first-order valence-electron chi connectivity index (χ1n) is 4.25. The van der Waals surface area contributed by atoms with Crippen LogP contribution in [0.15, 0.2) is 18.2 Å². The van der Waals surface area contributed by atoms with Gasteiger partial charge in [-0.1, -0.05) is 36.2 Å². The van der Waals surface area contributed by atoms with Crippen LogP contribution in [0.25, 0.3) is 0 Å². The van der Waals surface area contributed by atoms with Crippen LogP contribution in [0.1, 0.15) is 12.5 Å². The standard InChI is InChI=1S/C10H11Cl3S/c1-7(5-11)14-6-8-9(12)3-2-4-10(8)13/h2-4,7H,5-6H2,1H3. The zero-order valence-corrected chi connectivity index (χ0v) is 10.9. The fourth-order valence-corrected chi connectivity index (χ4v) is 2.75. The first-order chi connectivity index (χ1) is 6.65. The molecule has 0 N–H and O–H groups in total. The first-order valence-corrected chi connectivity index (χ1v) is 6.59. The highest BCUT2D eigenvalue weighted by atomic mass is 35.5. The zero-order chi connectivity index (χ0) is 10.6. The lowest BCUT2D eigenvalue weighted by atomic mass is 10.2. The van der Waals surface area contributed by atoms with Crippen molar-refractivity contribution in [2.75, 3.05) is 5.88 Å². The van der Waals surface area contributed by atoms with Gasteiger partial charge in [-0.15, -0.1) is 11.6 Å². The van der Waals surface area contributed by atoms with Crippen LogP contribution in [0.2, 0.25) is 10.0 Å². The van der Waals surface area contributed by atoms with Gasteiger partial charge in [0.15, 0.2) is 0 Å². The molecule has 0 spiro atoms. The smallest absolute Gasteiger partial charge is 0.0461 e. The minimum Gasteiger partial charge on any atom is -0.153 e. The molecule has 0 bridgehead atoms. The van der Waals surface area contributed by atoms with E-state index in [4.69, 9.17) is 34.8 Å². The minimum absolute atomic E-state index is 0.420. The summed E-state index contributed by atoms with van der Waals surface area (Å²) >= 11 is 19.5. The molecular formula is C10H11Cl3S. The van der Waals surface area contributed by atoms with Gasteiger partial charge in [0.2, 0.25) is 0 Å². The van der Waals surface area contributed by atoms with Crippen LogP contribution in [0.4, 0.5) is 0 Å². The molecule has 0 saturated heterocycles. The predicted octanol–water partition coefficient (Wildman–Crippen LogP) is 4.85. The summed E-state index contributed by atoms with van der Waals surface area (Å²) < 4.78 is 0. The fourth-order valence-electron chi connectivity index (χ4n) is 0.940. The van der Waals surface area contributed by atoms with Crippen LogP contribution < -0.4 is 0 Å². The second kappa shape index (κ2) is 6.12. The van der Waals surface area contributed by atoms with Crippen LogP contribution >= 0.6 is 46.6 Å². The topological polar surface area (TPSA) is 0 Å². The molecule has 0 aromatic heterocycles. The van der Waals surface area contributed by atoms with Gasteiger partial charge < -0.3 is 0 Å². The maximum absolute atomic E-state index is 6.03. The molecule has 0 aliphatic rings. The van der Waals surface area contributed by atoms with Crippen LogP contribution in [-0.4, -0.2) is 11.1 Å². The summed E-state index contributed by atoms with van der Waals surface area (Å²) in [6.45, 7) is 2.09. The summed E-state index contributed by atoms with van der Waals surface area (Å²) in [5.74, 6) is 1.46. The zero-order valence-electron chi connectivity index (χ0n) is 7.77. The van der Waals surface area contributed by atoms with Crippen LogP contribution in [0, 0.1) is 0 Å². The molecule has 1 aromatic carbocycles. The molecule has 1 atom stereocenters. The lowest BCUT2D eigenvalue weighted by Gasteiger charge is -2.09. The van der Waals surface area contributed by atoms with Crippen LogP contribution in [0.5, 0.6) is 0 Å². The third-order valence-corrected chi connectivity index (χ3v) is 4.34. The van der Waals surface area contributed by atoms with E-state index in [1.807, 2.05) is 18.2 Å². The Labute approximate surface area is 104 Å². The monoisotopic (exact) mass is 268 g/mol. The number of thioether (sulfide) groups is 1. The number of rotatable bonds is 4. The Morgan fingerprint density at radius 2 is 1.86 bits per heavy atom. The second-order valence-electron chi connectivity index (χ2n) is 2.98. The maximum atomic E-state index is 6.03. The lowest BCUT2D eigenvalue weighted by Crippen LogP contribution is -1.98. The second-order valence-corrected chi connectivity index (χ2v) is 5.53. The molecule has 0 fully saturated rings. The van der Waals surface area contributed by atoms with E-state index in [0.29, 0.717) is 11.1 Å². The van der Waals surface area contributed by atoms with E-state index in [0.717, 1.165) is 21.4 Å². The van der Waals surface area contributed by atoms with E-state index in [9.17, 15) is 0 Å². The molecule has 78 valence electrons. The molecule has 14 heavy (non-hydrogen) atoms. The summed E-state index contributed by atoms with van der Waals surface area (Å²) in [4.78, 5) is 0. The Morgan fingerprint density at radius 1 is 1.29 bits per heavy atom. The van der Waals surface area contributed by atoms with E-state index in [2.05, 4.69) is 6.92 Å². The summed E-state index contributed by atoms with van der Waals surface area (Å²) in [5, 5.41) is 1.88. The van der Waals surface area contributed by atoms with Crippen molar-refractivity contribution in [2.24, 2.45) is 0 Å². The molecular weight excluding hydrogens is 259 g/mol. The van der Waals surface area contributed by atoms with Crippen molar-refractivity contribution >= 4 is 46.6 Å². The van der Waals surface area contributed by atoms with Crippen molar-refractivity contribution < 1.29 is 0 Å². The third-order valence-electron chi connectivity index (χ3n) is 1.79. The Balaban J connectivity index is 2.66. The SMILES string of the molecule is CC(CCl)SCc1c(Cl)cccc1Cl. The van der Waals surface area contributed by atoms with E-state index in [1.54, 1.807) is 11.8 Å². The largest absolute Gasteiger partial charge is 0.153 e. The Hall–Kier alpha value is 0.440. The number of hydrogen-bond acceptors (Lipinski definition) is 1. The van der Waals surface area contributed by atoms with Gasteiger partial charge in [0.1, 0.15) is 0 Å². The van der Waals surface area contributed by atoms with Crippen molar-refractivity contribution in [3.05, 3.63) is 33.8 Å². The van der Waals surface area contributed by atoms with E-state index < -0.39 is 0 Å². The van der Waals surface area contributed by atoms with Crippen LogP contribution in [0.3, 0.4) is 0 Å². The average molecular weight is 270 g/mol. The van der Waals surface area contributed by atoms with Gasteiger partial charge in [-0.25, -0.2) is 0 Å². The molecule has 1 unspecified atom stereocenters. The summed E-state index contributed by atoms with van der Waals surface area (Å²) in [6, 6.07) is 5.56. The van der Waals surface area contributed by atoms with Gasteiger partial charge in [-0.3, -0.25) is 0 Å². The van der Waals surface area contributed by atoms with Crippen molar-refractivity contribution in [1.82, 2.24) is 0 Å². The summed E-state index contributed by atoms with van der Waals surface area (Å²) in [7, 11) is 0. The van der Waals surface area contributed by atoms with E-state index >= 15 is 0 Å². The molecule has 0 nitrogen and oxygen atoms in total. The van der Waals surface area contributed by atoms with Crippen LogP contribution in [-0.2, 0) is 5.75 Å². The average Bonchev–Trinajstić information content (AvgIpc) is 2.16. The highest BCUT2D eigenvalue weighted by Crippen LogP contribution is 2.29. The van der Waals surface area contributed by atoms with Crippen molar-refractivity contribution in [1.29, 1.82) is 0 Å². The van der Waals surface area contributed by atoms with Crippen molar-refractivity contribution in [2.45, 2.75) is 17.9 Å². The molecule has 4 heteroatoms. The highest BCUT2D eigenvalue weighted by molar-refractivity contribution is 7.99. The van der Waals surface area contributed by atoms with Crippen molar-refractivity contribution in [3.8, 4) is 0 Å². The number of hydrogen-bond donors (Lipinski definition) is 0. The van der Waals surface area contributed by atoms with Gasteiger partial charge in [0.25, 0.3) is 0 Å². The first kappa shape index (κ1) is 12.5. The minimum atomic E-state index is 0.420. The Bertz CT molecular complexity index is 281. The maximum Gasteiger partial charge on any atom is 0.0461 e. The number of benzene rings is 1. The lowest BCUT2D eigenvalue weighted by molar-refractivity contribution is 1.12. The highest BCUT2D eigenvalue weighted by Gasteiger charge is 2.07. The third kappa shape index (κ3) is 3.54. The molecule has 1 aromatic rings. The fraction of sp³-hybridized carbons (Fsp3) is 0.400. The van der Waals surface area contributed by atoms with Gasteiger partial charge >= 0.3 is 0 Å². The molecule has 1 rings (SSSR count). The van der Waals surface area contributed by atoms with E-state index in [1.165, 1.54) is 0 Å². The van der Waals surface area contributed by atoms with Gasteiger partial charge in [-0.2, -0.15) is 11.8 Å². The molecule has 0 heterocycles. The van der Waals surface area contributed by atoms with Gasteiger partial charge in [-0.05, 0) is 17.7 Å². The summed E-state index contributed by atoms with van der Waals surface area (Å²) in [5.41, 5.74) is 0.998. The van der Waals surface area contributed by atoms with E-state index in [-0.39, 0.29) is 0 Å². The number of alkyl halides is 1. The summed E-state index contributed by atoms with van der Waals surface area (Å²) in [6.07, 6.45) is 0. The van der Waals surface area contributed by atoms with Gasteiger partial charge in [0.05, 0.1) is 0 Å². The molecule has 0 aliphatic heterocycles.